The summed E-state index contributed by atoms with van der Waals surface area (Å²) in [7, 11) is -3.59. The molecule has 2 fully saturated rings. The molecule has 2 aromatic rings. The summed E-state index contributed by atoms with van der Waals surface area (Å²) < 4.78 is 28.1. The van der Waals surface area contributed by atoms with Gasteiger partial charge in [0, 0.05) is 18.8 Å². The van der Waals surface area contributed by atoms with E-state index in [-0.39, 0.29) is 11.3 Å². The second kappa shape index (κ2) is 7.95. The van der Waals surface area contributed by atoms with Gasteiger partial charge in [0.2, 0.25) is 15.9 Å². The van der Waals surface area contributed by atoms with Crippen LogP contribution in [-0.4, -0.2) is 43.9 Å². The molecule has 0 atom stereocenters. The number of rotatable bonds is 5. The van der Waals surface area contributed by atoms with Gasteiger partial charge in [-0.2, -0.15) is 4.31 Å². The van der Waals surface area contributed by atoms with Crippen LogP contribution in [0.2, 0.25) is 0 Å². The average molecular weight is 442 g/mol. The predicted octanol–water partition coefficient (Wildman–Crippen LogP) is 3.49. The van der Waals surface area contributed by atoms with E-state index in [9.17, 15) is 13.2 Å². The Labute approximate surface area is 185 Å². The number of nitrogens with zero attached hydrogens (tertiary/aromatic N) is 2. The molecule has 2 heterocycles. The summed E-state index contributed by atoms with van der Waals surface area (Å²) in [5.74, 6) is -0.0143. The van der Waals surface area contributed by atoms with Gasteiger partial charge in [0.1, 0.15) is 5.54 Å². The first-order valence-electron chi connectivity index (χ1n) is 10.9. The quantitative estimate of drug-likeness (QED) is 0.771. The summed E-state index contributed by atoms with van der Waals surface area (Å²) in [5, 5.41) is 2.96. The normalized spacial score (nSPS) is 19.6. The summed E-state index contributed by atoms with van der Waals surface area (Å²) in [6.07, 6.45) is 1.91. The highest BCUT2D eigenvalue weighted by atomic mass is 32.2. The van der Waals surface area contributed by atoms with Gasteiger partial charge in [0.15, 0.2) is 0 Å². The van der Waals surface area contributed by atoms with Crippen molar-refractivity contribution in [1.29, 1.82) is 0 Å². The Hall–Kier alpha value is -2.38. The number of nitrogens with one attached hydrogen (secondary N) is 1. The third-order valence-electron chi connectivity index (χ3n) is 7.11. The number of carbonyl (C=O) groups excluding carboxylic acids is 1. The van der Waals surface area contributed by atoms with E-state index < -0.39 is 15.6 Å². The lowest BCUT2D eigenvalue weighted by atomic mass is 9.82. The highest BCUT2D eigenvalue weighted by molar-refractivity contribution is 7.89. The van der Waals surface area contributed by atoms with Crippen LogP contribution >= 0.6 is 0 Å². The molecule has 0 unspecified atom stereocenters. The molecule has 0 aromatic heterocycles. The second-order valence-corrected chi connectivity index (χ2v) is 11.1. The van der Waals surface area contributed by atoms with Crippen molar-refractivity contribution in [2.24, 2.45) is 0 Å². The van der Waals surface area contributed by atoms with E-state index in [1.54, 1.807) is 12.1 Å². The Kier molecular flexibility index (Phi) is 5.60. The lowest BCUT2D eigenvalue weighted by Crippen LogP contribution is -2.57. The summed E-state index contributed by atoms with van der Waals surface area (Å²) in [6, 6.07) is 17.1. The molecular weight excluding hydrogens is 410 g/mol. The number of benzene rings is 2. The van der Waals surface area contributed by atoms with Crippen molar-refractivity contribution in [1.82, 2.24) is 9.62 Å². The molecule has 1 N–H and O–H groups in total. The molecule has 0 bridgehead atoms. The summed E-state index contributed by atoms with van der Waals surface area (Å²) in [5.41, 5.74) is 1.43. The highest BCUT2D eigenvalue weighted by Crippen LogP contribution is 2.37. The summed E-state index contributed by atoms with van der Waals surface area (Å²) in [6.45, 7) is 7.54. The molecule has 7 heteroatoms. The monoisotopic (exact) mass is 441 g/mol. The van der Waals surface area contributed by atoms with Crippen LogP contribution in [-0.2, 0) is 20.2 Å². The van der Waals surface area contributed by atoms with E-state index in [1.807, 2.05) is 42.5 Å². The van der Waals surface area contributed by atoms with E-state index in [4.69, 9.17) is 0 Å². The number of para-hydroxylation sites is 1. The fraction of sp³-hybridized carbons (Fsp3) is 0.458. The molecule has 1 spiro atoms. The van der Waals surface area contributed by atoms with E-state index in [2.05, 4.69) is 31.0 Å². The SMILES string of the molecule is CCC(C)(C)c1ccc(S(=O)(=O)N2CCC3(CC2)C(=O)NCN3c2ccccc2)cc1. The summed E-state index contributed by atoms with van der Waals surface area (Å²) in [4.78, 5) is 15.2. The number of carbonyl (C=O) groups is 1. The van der Waals surface area contributed by atoms with Crippen molar-refractivity contribution in [3.05, 3.63) is 60.2 Å². The smallest absolute Gasteiger partial charge is 0.247 e. The molecule has 0 aliphatic carbocycles. The van der Waals surface area contributed by atoms with E-state index in [0.717, 1.165) is 17.7 Å². The maximum atomic E-state index is 13.3. The topological polar surface area (TPSA) is 69.7 Å². The zero-order valence-corrected chi connectivity index (χ0v) is 19.3. The Morgan fingerprint density at radius 1 is 1.00 bits per heavy atom. The van der Waals surface area contributed by atoms with Gasteiger partial charge in [-0.15, -0.1) is 0 Å². The largest absolute Gasteiger partial charge is 0.339 e. The molecule has 166 valence electrons. The van der Waals surface area contributed by atoms with Crippen LogP contribution in [0.4, 0.5) is 5.69 Å². The van der Waals surface area contributed by atoms with Gasteiger partial charge in [-0.25, -0.2) is 8.42 Å². The zero-order valence-electron chi connectivity index (χ0n) is 18.5. The van der Waals surface area contributed by atoms with Crippen molar-refractivity contribution >= 4 is 21.6 Å². The first-order chi connectivity index (χ1) is 14.7. The predicted molar refractivity (Wildman–Crippen MR) is 122 cm³/mol. The maximum Gasteiger partial charge on any atom is 0.247 e. The maximum absolute atomic E-state index is 13.3. The second-order valence-electron chi connectivity index (χ2n) is 9.13. The third-order valence-corrected chi connectivity index (χ3v) is 9.02. The van der Waals surface area contributed by atoms with Crippen molar-refractivity contribution in [2.75, 3.05) is 24.7 Å². The van der Waals surface area contributed by atoms with Crippen molar-refractivity contribution in [2.45, 2.75) is 55.9 Å². The van der Waals surface area contributed by atoms with E-state index in [1.165, 1.54) is 4.31 Å². The third kappa shape index (κ3) is 3.74. The molecule has 2 aliphatic heterocycles. The van der Waals surface area contributed by atoms with Gasteiger partial charge in [-0.05, 0) is 54.5 Å². The minimum Gasteiger partial charge on any atom is -0.339 e. The standard InChI is InChI=1S/C24H31N3O3S/c1-4-23(2,3)19-10-12-21(13-11-19)31(29,30)26-16-14-24(15-17-26)22(28)25-18-27(24)20-8-6-5-7-9-20/h5-13H,4,14-18H2,1-3H3,(H,25,28). The van der Waals surface area contributed by atoms with Crippen LogP contribution in [0.15, 0.2) is 59.5 Å². The van der Waals surface area contributed by atoms with E-state index in [0.29, 0.717) is 37.5 Å². The van der Waals surface area contributed by atoms with Crippen molar-refractivity contribution in [3.63, 3.8) is 0 Å². The number of anilines is 1. The molecule has 2 saturated heterocycles. The first-order valence-corrected chi connectivity index (χ1v) is 12.4. The van der Waals surface area contributed by atoms with Crippen LogP contribution in [0.1, 0.15) is 45.6 Å². The molecular formula is C24H31N3O3S. The Morgan fingerprint density at radius 3 is 2.19 bits per heavy atom. The number of hydrogen-bond donors (Lipinski definition) is 1. The van der Waals surface area contributed by atoms with Crippen molar-refractivity contribution in [3.8, 4) is 0 Å². The molecule has 0 radical (unpaired) electrons. The van der Waals surface area contributed by atoms with Crippen LogP contribution in [0.3, 0.4) is 0 Å². The minimum absolute atomic E-state index is 0.0104. The first kappa shape index (κ1) is 21.8. The van der Waals surface area contributed by atoms with Gasteiger partial charge < -0.3 is 10.2 Å². The van der Waals surface area contributed by atoms with E-state index >= 15 is 0 Å². The lowest BCUT2D eigenvalue weighted by Gasteiger charge is -2.42. The fourth-order valence-corrected chi connectivity index (χ4v) is 6.00. The molecule has 1 amide bonds. The number of sulfonamides is 1. The molecule has 2 aliphatic rings. The van der Waals surface area contributed by atoms with Gasteiger partial charge in [0.05, 0.1) is 11.6 Å². The zero-order chi connectivity index (χ0) is 22.3. The Morgan fingerprint density at radius 2 is 1.61 bits per heavy atom. The Balaban J connectivity index is 1.53. The Bertz CT molecular complexity index is 1040. The summed E-state index contributed by atoms with van der Waals surface area (Å²) >= 11 is 0. The van der Waals surface area contributed by atoms with Crippen molar-refractivity contribution < 1.29 is 13.2 Å². The van der Waals surface area contributed by atoms with Crippen LogP contribution in [0.25, 0.3) is 0 Å². The molecule has 31 heavy (non-hydrogen) atoms. The molecule has 0 saturated carbocycles. The number of piperidine rings is 1. The molecule has 6 nitrogen and oxygen atoms in total. The minimum atomic E-state index is -3.59. The van der Waals surface area contributed by atoms with Crippen LogP contribution in [0.5, 0.6) is 0 Å². The van der Waals surface area contributed by atoms with Gasteiger partial charge >= 0.3 is 0 Å². The lowest BCUT2D eigenvalue weighted by molar-refractivity contribution is -0.124. The number of amides is 1. The number of hydrogen-bond acceptors (Lipinski definition) is 4. The fourth-order valence-electron chi connectivity index (χ4n) is 4.56. The molecule has 2 aromatic carbocycles. The van der Waals surface area contributed by atoms with Crippen LogP contribution in [0, 0.1) is 0 Å². The molecule has 4 rings (SSSR count). The van der Waals surface area contributed by atoms with Crippen LogP contribution < -0.4 is 10.2 Å². The van der Waals surface area contributed by atoms with Gasteiger partial charge in [0.25, 0.3) is 0 Å². The van der Waals surface area contributed by atoms with Gasteiger partial charge in [-0.3, -0.25) is 4.79 Å². The highest BCUT2D eigenvalue weighted by Gasteiger charge is 2.51. The average Bonchev–Trinajstić information content (AvgIpc) is 3.10. The van der Waals surface area contributed by atoms with Gasteiger partial charge in [-0.1, -0.05) is 51.1 Å².